The second-order valence-corrected chi connectivity index (χ2v) is 4.76. The maximum Gasteiger partial charge on any atom is 0.413 e. The Balaban J connectivity index is 2.12. The highest BCUT2D eigenvalue weighted by molar-refractivity contribution is 5.91. The number of rotatable bonds is 3. The zero-order valence-electron chi connectivity index (χ0n) is 12.3. The number of anilines is 2. The molecule has 2 heterocycles. The first-order valence-corrected chi connectivity index (χ1v) is 6.97. The fourth-order valence-corrected chi connectivity index (χ4v) is 2.19. The molecule has 3 aromatic rings. The number of carbonyl (C=O) groups is 1. The summed E-state index contributed by atoms with van der Waals surface area (Å²) in [5, 5.41) is 17.4. The first-order valence-electron chi connectivity index (χ1n) is 6.97. The molecule has 1 aromatic carbocycles. The van der Waals surface area contributed by atoms with E-state index in [2.05, 4.69) is 20.2 Å². The standard InChI is InChI=1S/C15H14N6O2/c1-2-21(15(22)23)11-8-10-12(13(16)17-11)18-14(20-19-10)9-6-4-3-5-7-9/h3-8H,2H2,1H3,(H2,16,17)(H,22,23). The number of hydrogen-bond acceptors (Lipinski definition) is 6. The topological polar surface area (TPSA) is 118 Å². The summed E-state index contributed by atoms with van der Waals surface area (Å²) in [7, 11) is 0. The Morgan fingerprint density at radius 3 is 2.61 bits per heavy atom. The lowest BCUT2D eigenvalue weighted by Gasteiger charge is -2.16. The largest absolute Gasteiger partial charge is 0.465 e. The van der Waals surface area contributed by atoms with Crippen LogP contribution in [0.25, 0.3) is 22.4 Å². The van der Waals surface area contributed by atoms with Crippen LogP contribution in [0.4, 0.5) is 16.4 Å². The second kappa shape index (κ2) is 5.84. The van der Waals surface area contributed by atoms with E-state index in [4.69, 9.17) is 5.73 Å². The molecule has 0 atom stereocenters. The monoisotopic (exact) mass is 310 g/mol. The number of fused-ring (bicyclic) bond motifs is 1. The minimum Gasteiger partial charge on any atom is -0.465 e. The molecule has 0 saturated heterocycles. The van der Waals surface area contributed by atoms with Crippen molar-refractivity contribution >= 4 is 28.8 Å². The summed E-state index contributed by atoms with van der Waals surface area (Å²) in [5.74, 6) is 0.753. The molecule has 3 rings (SSSR count). The van der Waals surface area contributed by atoms with Crippen molar-refractivity contribution in [1.82, 2.24) is 20.2 Å². The predicted octanol–water partition coefficient (Wildman–Crippen LogP) is 2.17. The summed E-state index contributed by atoms with van der Waals surface area (Å²) >= 11 is 0. The van der Waals surface area contributed by atoms with Crippen molar-refractivity contribution in [2.75, 3.05) is 17.2 Å². The average Bonchev–Trinajstić information content (AvgIpc) is 2.56. The number of benzene rings is 1. The molecule has 0 aliphatic heterocycles. The average molecular weight is 310 g/mol. The summed E-state index contributed by atoms with van der Waals surface area (Å²) < 4.78 is 0. The van der Waals surface area contributed by atoms with Gasteiger partial charge >= 0.3 is 6.09 Å². The van der Waals surface area contributed by atoms with Gasteiger partial charge in [0.2, 0.25) is 0 Å². The first-order chi connectivity index (χ1) is 11.1. The van der Waals surface area contributed by atoms with E-state index in [9.17, 15) is 9.90 Å². The number of pyridine rings is 1. The Bertz CT molecular complexity index is 868. The molecular weight excluding hydrogens is 296 g/mol. The van der Waals surface area contributed by atoms with Crippen LogP contribution >= 0.6 is 0 Å². The van der Waals surface area contributed by atoms with Gasteiger partial charge in [0.1, 0.15) is 16.9 Å². The molecule has 0 spiro atoms. The van der Waals surface area contributed by atoms with Crippen LogP contribution < -0.4 is 10.6 Å². The number of aromatic nitrogens is 4. The molecule has 0 radical (unpaired) electrons. The number of nitrogens with two attached hydrogens (primary N) is 1. The van der Waals surface area contributed by atoms with Gasteiger partial charge in [0.05, 0.1) is 0 Å². The van der Waals surface area contributed by atoms with Crippen LogP contribution in [0.3, 0.4) is 0 Å². The third-order valence-electron chi connectivity index (χ3n) is 3.31. The van der Waals surface area contributed by atoms with E-state index >= 15 is 0 Å². The van der Waals surface area contributed by atoms with E-state index in [1.165, 1.54) is 6.07 Å². The fraction of sp³-hybridized carbons (Fsp3) is 0.133. The molecular formula is C15H14N6O2. The minimum absolute atomic E-state index is 0.115. The summed E-state index contributed by atoms with van der Waals surface area (Å²) in [6, 6.07) is 10.9. The van der Waals surface area contributed by atoms with E-state index in [-0.39, 0.29) is 18.2 Å². The molecule has 116 valence electrons. The molecule has 0 fully saturated rings. The molecule has 0 aliphatic rings. The Hall–Kier alpha value is -3.29. The third-order valence-corrected chi connectivity index (χ3v) is 3.31. The third kappa shape index (κ3) is 2.73. The maximum absolute atomic E-state index is 11.2. The quantitative estimate of drug-likeness (QED) is 0.761. The normalized spacial score (nSPS) is 10.7. The van der Waals surface area contributed by atoms with Gasteiger partial charge < -0.3 is 10.8 Å². The number of hydrogen-bond donors (Lipinski definition) is 2. The Morgan fingerprint density at radius 2 is 1.96 bits per heavy atom. The van der Waals surface area contributed by atoms with Crippen LogP contribution in [0.5, 0.6) is 0 Å². The number of nitrogen functional groups attached to an aromatic ring is 1. The zero-order chi connectivity index (χ0) is 16.4. The Morgan fingerprint density at radius 1 is 1.22 bits per heavy atom. The summed E-state index contributed by atoms with van der Waals surface area (Å²) in [5.41, 5.74) is 7.53. The van der Waals surface area contributed by atoms with Crippen molar-refractivity contribution in [1.29, 1.82) is 0 Å². The number of nitrogens with zero attached hydrogens (tertiary/aromatic N) is 5. The smallest absolute Gasteiger partial charge is 0.413 e. The molecule has 23 heavy (non-hydrogen) atoms. The highest BCUT2D eigenvalue weighted by Crippen LogP contribution is 2.23. The van der Waals surface area contributed by atoms with Crippen LogP contribution in [-0.2, 0) is 0 Å². The first kappa shape index (κ1) is 14.6. The SMILES string of the molecule is CCN(C(=O)O)c1cc2nnc(-c3ccccc3)nc2c(N)n1. The molecule has 8 nitrogen and oxygen atoms in total. The lowest BCUT2D eigenvalue weighted by atomic mass is 10.2. The van der Waals surface area contributed by atoms with E-state index in [0.717, 1.165) is 10.5 Å². The van der Waals surface area contributed by atoms with Crippen LogP contribution in [0.2, 0.25) is 0 Å². The van der Waals surface area contributed by atoms with E-state index in [0.29, 0.717) is 16.9 Å². The van der Waals surface area contributed by atoms with Crippen molar-refractivity contribution in [3.8, 4) is 11.4 Å². The second-order valence-electron chi connectivity index (χ2n) is 4.76. The van der Waals surface area contributed by atoms with Crippen molar-refractivity contribution in [3.05, 3.63) is 36.4 Å². The number of carboxylic acid groups (broad SMARTS) is 1. The van der Waals surface area contributed by atoms with Gasteiger partial charge in [-0.3, -0.25) is 4.90 Å². The summed E-state index contributed by atoms with van der Waals surface area (Å²) in [6.07, 6.45) is -1.11. The molecule has 0 aliphatic carbocycles. The van der Waals surface area contributed by atoms with E-state index in [1.54, 1.807) is 6.92 Å². The van der Waals surface area contributed by atoms with Crippen molar-refractivity contribution in [3.63, 3.8) is 0 Å². The molecule has 0 saturated carbocycles. The molecule has 3 N–H and O–H groups in total. The zero-order valence-corrected chi connectivity index (χ0v) is 12.3. The van der Waals surface area contributed by atoms with Crippen molar-refractivity contribution < 1.29 is 9.90 Å². The van der Waals surface area contributed by atoms with Gasteiger partial charge in [-0.25, -0.2) is 14.8 Å². The lowest BCUT2D eigenvalue weighted by molar-refractivity contribution is 0.202. The van der Waals surface area contributed by atoms with Crippen LogP contribution in [-0.4, -0.2) is 37.9 Å². The van der Waals surface area contributed by atoms with Gasteiger partial charge in [-0.05, 0) is 6.92 Å². The van der Waals surface area contributed by atoms with Crippen molar-refractivity contribution in [2.24, 2.45) is 0 Å². The van der Waals surface area contributed by atoms with E-state index < -0.39 is 6.09 Å². The Kier molecular flexibility index (Phi) is 3.71. The highest BCUT2D eigenvalue weighted by atomic mass is 16.4. The molecule has 8 heteroatoms. The van der Waals surface area contributed by atoms with Gasteiger partial charge in [0.15, 0.2) is 11.6 Å². The molecule has 1 amide bonds. The van der Waals surface area contributed by atoms with Gasteiger partial charge in [0.25, 0.3) is 0 Å². The van der Waals surface area contributed by atoms with Crippen LogP contribution in [0.1, 0.15) is 6.92 Å². The molecule has 2 aromatic heterocycles. The fourth-order valence-electron chi connectivity index (χ4n) is 2.19. The highest BCUT2D eigenvalue weighted by Gasteiger charge is 2.17. The van der Waals surface area contributed by atoms with Gasteiger partial charge in [0, 0.05) is 18.2 Å². The molecule has 0 unspecified atom stereocenters. The Labute approximate surface area is 131 Å². The summed E-state index contributed by atoms with van der Waals surface area (Å²) in [4.78, 5) is 20.8. The van der Waals surface area contributed by atoms with Crippen molar-refractivity contribution in [2.45, 2.75) is 6.92 Å². The van der Waals surface area contributed by atoms with Gasteiger partial charge in [-0.1, -0.05) is 30.3 Å². The predicted molar refractivity (Wildman–Crippen MR) is 86.0 cm³/mol. The lowest BCUT2D eigenvalue weighted by Crippen LogP contribution is -2.29. The summed E-state index contributed by atoms with van der Waals surface area (Å²) in [6.45, 7) is 1.95. The van der Waals surface area contributed by atoms with Gasteiger partial charge in [-0.2, -0.15) is 0 Å². The number of amides is 1. The maximum atomic E-state index is 11.2. The van der Waals surface area contributed by atoms with Crippen LogP contribution in [0.15, 0.2) is 36.4 Å². The minimum atomic E-state index is -1.11. The van der Waals surface area contributed by atoms with Crippen LogP contribution in [0, 0.1) is 0 Å². The van der Waals surface area contributed by atoms with Gasteiger partial charge in [-0.15, -0.1) is 10.2 Å². The molecule has 0 bridgehead atoms. The van der Waals surface area contributed by atoms with E-state index in [1.807, 2.05) is 30.3 Å².